The van der Waals surface area contributed by atoms with E-state index in [1.807, 2.05) is 30.3 Å². The van der Waals surface area contributed by atoms with Crippen molar-refractivity contribution in [3.63, 3.8) is 0 Å². The van der Waals surface area contributed by atoms with E-state index in [1.165, 1.54) is 5.56 Å². The predicted molar refractivity (Wildman–Crippen MR) is 115 cm³/mol. The zero-order valence-electron chi connectivity index (χ0n) is 17.4. The number of rotatable bonds is 12. The van der Waals surface area contributed by atoms with Crippen molar-refractivity contribution in [3.05, 3.63) is 66.0 Å². The summed E-state index contributed by atoms with van der Waals surface area (Å²) in [5, 5.41) is 26.7. The molecule has 0 aliphatic rings. The summed E-state index contributed by atoms with van der Waals surface area (Å²) in [6, 6.07) is 18.4. The highest BCUT2D eigenvalue weighted by Gasteiger charge is 2.07. The number of aromatic nitrogens is 8. The Morgan fingerprint density at radius 3 is 2.48 bits per heavy atom. The van der Waals surface area contributed by atoms with Gasteiger partial charge in [-0.25, -0.2) is 0 Å². The van der Waals surface area contributed by atoms with Crippen LogP contribution in [0.25, 0.3) is 11.4 Å². The maximum Gasteiger partial charge on any atom is 0.204 e. The molecule has 0 saturated carbocycles. The monoisotopic (exact) mass is 418 g/mol. The summed E-state index contributed by atoms with van der Waals surface area (Å²) < 4.78 is 5.86. The molecule has 31 heavy (non-hydrogen) atoms. The van der Waals surface area contributed by atoms with E-state index in [0.29, 0.717) is 19.0 Å². The van der Waals surface area contributed by atoms with Crippen LogP contribution in [0.1, 0.15) is 37.1 Å². The molecule has 0 radical (unpaired) electrons. The average Bonchev–Trinajstić information content (AvgIpc) is 3.50. The number of hydrogen-bond donors (Lipinski definition) is 1. The Morgan fingerprint density at radius 2 is 1.68 bits per heavy atom. The molecule has 2 aromatic carbocycles. The summed E-state index contributed by atoms with van der Waals surface area (Å²) in [5.74, 6) is 2.20. The molecule has 0 atom stereocenters. The van der Waals surface area contributed by atoms with Crippen molar-refractivity contribution in [2.75, 3.05) is 6.61 Å². The molecule has 2 aromatic heterocycles. The van der Waals surface area contributed by atoms with Crippen LogP contribution in [0.4, 0.5) is 0 Å². The van der Waals surface area contributed by atoms with Crippen LogP contribution in [0.3, 0.4) is 0 Å². The van der Waals surface area contributed by atoms with Gasteiger partial charge in [-0.3, -0.25) is 0 Å². The van der Waals surface area contributed by atoms with Crippen LogP contribution in [0.15, 0.2) is 54.6 Å². The second-order valence-corrected chi connectivity index (χ2v) is 7.31. The van der Waals surface area contributed by atoms with Gasteiger partial charge in [-0.05, 0) is 67.1 Å². The summed E-state index contributed by atoms with van der Waals surface area (Å²) in [4.78, 5) is 1.63. The van der Waals surface area contributed by atoms with Gasteiger partial charge in [-0.1, -0.05) is 35.5 Å². The van der Waals surface area contributed by atoms with Crippen LogP contribution >= 0.6 is 0 Å². The van der Waals surface area contributed by atoms with Crippen molar-refractivity contribution in [2.24, 2.45) is 0 Å². The first-order chi connectivity index (χ1) is 15.4. The fourth-order valence-corrected chi connectivity index (χ4v) is 3.24. The van der Waals surface area contributed by atoms with Gasteiger partial charge in [0, 0.05) is 12.0 Å². The molecule has 0 aliphatic carbocycles. The Labute approximate surface area is 180 Å². The third-order valence-electron chi connectivity index (χ3n) is 4.93. The maximum atomic E-state index is 5.86. The second-order valence-electron chi connectivity index (χ2n) is 7.31. The number of nitrogens with one attached hydrogen (secondary N) is 1. The third-order valence-corrected chi connectivity index (χ3v) is 4.93. The quantitative estimate of drug-likeness (QED) is 0.352. The number of ether oxygens (including phenoxy) is 1. The van der Waals surface area contributed by atoms with Crippen molar-refractivity contribution in [2.45, 2.75) is 45.1 Å². The third kappa shape index (κ3) is 6.43. The lowest BCUT2D eigenvalue weighted by Crippen LogP contribution is -2.03. The molecular weight excluding hydrogens is 392 g/mol. The number of unbranched alkanes of at least 4 members (excludes halogenated alkanes) is 2. The lowest BCUT2D eigenvalue weighted by Gasteiger charge is -2.06. The first kappa shape index (κ1) is 20.6. The van der Waals surface area contributed by atoms with Gasteiger partial charge in [0.25, 0.3) is 0 Å². The molecule has 0 saturated heterocycles. The molecule has 0 aliphatic heterocycles. The molecule has 2 heterocycles. The Balaban J connectivity index is 1.16. The molecule has 0 fully saturated rings. The maximum absolute atomic E-state index is 5.86. The van der Waals surface area contributed by atoms with Gasteiger partial charge in [0.1, 0.15) is 5.75 Å². The smallest absolute Gasteiger partial charge is 0.204 e. The molecule has 160 valence electrons. The number of benzene rings is 2. The van der Waals surface area contributed by atoms with Crippen molar-refractivity contribution in [1.29, 1.82) is 0 Å². The molecule has 0 bridgehead atoms. The molecule has 0 unspecified atom stereocenters. The Kier molecular flexibility index (Phi) is 7.30. The molecule has 4 rings (SSSR count). The van der Waals surface area contributed by atoms with E-state index in [1.54, 1.807) is 4.80 Å². The molecule has 0 spiro atoms. The largest absolute Gasteiger partial charge is 0.494 e. The van der Waals surface area contributed by atoms with E-state index in [0.717, 1.165) is 55.7 Å². The minimum Gasteiger partial charge on any atom is -0.494 e. The molecule has 0 amide bonds. The minimum absolute atomic E-state index is 0.618. The number of tetrazole rings is 2. The van der Waals surface area contributed by atoms with E-state index >= 15 is 0 Å². The summed E-state index contributed by atoms with van der Waals surface area (Å²) in [5.41, 5.74) is 2.30. The lowest BCUT2D eigenvalue weighted by molar-refractivity contribution is 0.307. The fourth-order valence-electron chi connectivity index (χ4n) is 3.24. The summed E-state index contributed by atoms with van der Waals surface area (Å²) >= 11 is 0. The zero-order chi connectivity index (χ0) is 21.1. The van der Waals surface area contributed by atoms with Gasteiger partial charge in [-0.15, -0.1) is 20.4 Å². The molecular formula is C22H26N8O. The standard InChI is InChI=1S/C22H26N8O/c1-2-8-18(9-3-1)10-5-7-17-31-20-14-12-19(13-15-20)22-25-29-30(26-22)16-6-4-11-21-23-27-28-24-21/h1-3,8-9,12-15H,4-7,10-11,16-17H2,(H,23,24,27,28). The highest BCUT2D eigenvalue weighted by molar-refractivity contribution is 5.55. The predicted octanol–water partition coefficient (Wildman–Crippen LogP) is 3.28. The van der Waals surface area contributed by atoms with Crippen LogP contribution in [-0.4, -0.2) is 47.4 Å². The lowest BCUT2D eigenvalue weighted by atomic mass is 10.1. The van der Waals surface area contributed by atoms with Crippen molar-refractivity contribution >= 4 is 0 Å². The number of H-pyrrole nitrogens is 1. The zero-order valence-corrected chi connectivity index (χ0v) is 17.4. The highest BCUT2D eigenvalue weighted by atomic mass is 16.5. The van der Waals surface area contributed by atoms with Gasteiger partial charge in [-0.2, -0.15) is 10.0 Å². The number of nitrogens with zero attached hydrogens (tertiary/aromatic N) is 7. The van der Waals surface area contributed by atoms with Gasteiger partial charge < -0.3 is 4.74 Å². The van der Waals surface area contributed by atoms with E-state index in [4.69, 9.17) is 4.74 Å². The SMILES string of the molecule is c1ccc(CCCCOc2ccc(-c3nnn(CCCCc4nn[nH]n4)n3)cc2)cc1. The number of aromatic amines is 1. The fraction of sp³-hybridized carbons (Fsp3) is 0.364. The summed E-state index contributed by atoms with van der Waals surface area (Å²) in [6.07, 6.45) is 5.87. The van der Waals surface area contributed by atoms with Crippen LogP contribution in [0.5, 0.6) is 5.75 Å². The topological polar surface area (TPSA) is 107 Å². The number of aryl methyl sites for hydroxylation is 3. The van der Waals surface area contributed by atoms with E-state index < -0.39 is 0 Å². The van der Waals surface area contributed by atoms with E-state index in [-0.39, 0.29) is 0 Å². The summed E-state index contributed by atoms with van der Waals surface area (Å²) in [7, 11) is 0. The van der Waals surface area contributed by atoms with Crippen LogP contribution < -0.4 is 4.74 Å². The molecule has 9 heteroatoms. The highest BCUT2D eigenvalue weighted by Crippen LogP contribution is 2.19. The molecule has 1 N–H and O–H groups in total. The van der Waals surface area contributed by atoms with Crippen molar-refractivity contribution < 1.29 is 4.74 Å². The minimum atomic E-state index is 0.618. The van der Waals surface area contributed by atoms with Crippen LogP contribution in [0.2, 0.25) is 0 Å². The Morgan fingerprint density at radius 1 is 0.839 bits per heavy atom. The molecule has 4 aromatic rings. The second kappa shape index (κ2) is 11.0. The van der Waals surface area contributed by atoms with Crippen molar-refractivity contribution in [1.82, 2.24) is 40.8 Å². The van der Waals surface area contributed by atoms with E-state index in [2.05, 4.69) is 60.3 Å². The first-order valence-corrected chi connectivity index (χ1v) is 10.6. The van der Waals surface area contributed by atoms with Crippen LogP contribution in [0, 0.1) is 0 Å². The average molecular weight is 419 g/mol. The Hall–Kier alpha value is -3.62. The van der Waals surface area contributed by atoms with E-state index in [9.17, 15) is 0 Å². The molecule has 9 nitrogen and oxygen atoms in total. The normalized spacial score (nSPS) is 11.0. The van der Waals surface area contributed by atoms with Gasteiger partial charge >= 0.3 is 0 Å². The van der Waals surface area contributed by atoms with Gasteiger partial charge in [0.15, 0.2) is 5.82 Å². The summed E-state index contributed by atoms with van der Waals surface area (Å²) in [6.45, 7) is 1.42. The van der Waals surface area contributed by atoms with Crippen LogP contribution in [-0.2, 0) is 19.4 Å². The number of hydrogen-bond acceptors (Lipinski definition) is 7. The first-order valence-electron chi connectivity index (χ1n) is 10.6. The van der Waals surface area contributed by atoms with Gasteiger partial charge in [0.2, 0.25) is 5.82 Å². The van der Waals surface area contributed by atoms with Crippen molar-refractivity contribution in [3.8, 4) is 17.1 Å². The van der Waals surface area contributed by atoms with Gasteiger partial charge in [0.05, 0.1) is 13.2 Å². The Bertz CT molecular complexity index is 1020.